The monoisotopic (exact) mass is 634 g/mol. The summed E-state index contributed by atoms with van der Waals surface area (Å²) < 4.78 is 40.6. The van der Waals surface area contributed by atoms with Gasteiger partial charge in [-0.1, -0.05) is 96.3 Å². The molecule has 0 spiro atoms. The maximum absolute atomic E-state index is 14.2. The minimum absolute atomic E-state index is 0.0195. The maximum Gasteiger partial charge on any atom is 0.277 e. The average Bonchev–Trinajstić information content (AvgIpc) is 3.48. The molecule has 1 fully saturated rings. The number of hydrogen-bond acceptors (Lipinski definition) is 8. The van der Waals surface area contributed by atoms with Gasteiger partial charge in [-0.15, -0.1) is 10.2 Å². The Hall–Kier alpha value is -3.50. The summed E-state index contributed by atoms with van der Waals surface area (Å²) in [5.41, 5.74) is 1.58. The summed E-state index contributed by atoms with van der Waals surface area (Å²) in [6.45, 7) is 2.24. The summed E-state index contributed by atoms with van der Waals surface area (Å²) in [7, 11) is -7.42. The number of ether oxygens (including phenoxy) is 1. The van der Waals surface area contributed by atoms with E-state index in [-0.39, 0.29) is 5.91 Å². The van der Waals surface area contributed by atoms with Gasteiger partial charge in [-0.05, 0) is 36.4 Å². The van der Waals surface area contributed by atoms with Gasteiger partial charge in [0.25, 0.3) is 5.91 Å². The Morgan fingerprint density at radius 3 is 1.51 bits per heavy atom. The molecule has 1 aliphatic rings. The highest BCUT2D eigenvalue weighted by Gasteiger charge is 2.52. The Morgan fingerprint density at radius 1 is 0.698 bits per heavy atom. The van der Waals surface area contributed by atoms with Crippen LogP contribution >= 0.6 is 18.6 Å². The van der Waals surface area contributed by atoms with E-state index in [4.69, 9.17) is 28.4 Å². The molecule has 0 N–H and O–H groups in total. The first-order valence-corrected chi connectivity index (χ1v) is 17.2. The van der Waals surface area contributed by atoms with Crippen molar-refractivity contribution in [1.82, 2.24) is 9.88 Å². The fourth-order valence-corrected chi connectivity index (χ4v) is 11.5. The first-order valence-electron chi connectivity index (χ1n) is 13.4. The first-order chi connectivity index (χ1) is 20.8. The van der Waals surface area contributed by atoms with Crippen molar-refractivity contribution in [2.75, 3.05) is 26.3 Å². The minimum Gasteiger partial charge on any atom is -0.378 e. The van der Waals surface area contributed by atoms with Crippen molar-refractivity contribution in [1.29, 1.82) is 0 Å². The number of morpholine rings is 1. The summed E-state index contributed by atoms with van der Waals surface area (Å²) in [4.78, 5) is 21.2. The first kappa shape index (κ1) is 30.9. The van der Waals surface area contributed by atoms with Gasteiger partial charge in [-0.3, -0.25) is 4.79 Å². The molecule has 1 saturated heterocycles. The number of carbonyl (C=O) groups is 1. The van der Waals surface area contributed by atoms with Crippen molar-refractivity contribution < 1.29 is 38.4 Å². The molecule has 1 aromatic heterocycles. The standard InChI is InChI=1S/C32H28N2O2PS.ClHO4/c35-31(34-21-23-36-24-22-34)29-32(38-30(33-29)25-13-5-1-6-14-25)37(26-15-7-2-8-16-26,27-17-9-3-10-18-27)28-19-11-4-12-20-28;2-1(3,4)5/h1-20H,21-24H2;(H,2,3,4,5)/q+1;/p-1. The molecule has 220 valence electrons. The van der Waals surface area contributed by atoms with Gasteiger partial charge in [-0.2, -0.15) is 0 Å². The predicted molar refractivity (Wildman–Crippen MR) is 159 cm³/mol. The Morgan fingerprint density at radius 2 is 1.09 bits per heavy atom. The zero-order valence-electron chi connectivity index (χ0n) is 23.0. The number of benzene rings is 4. The highest BCUT2D eigenvalue weighted by Crippen LogP contribution is 2.56. The van der Waals surface area contributed by atoms with Crippen molar-refractivity contribution in [2.24, 2.45) is 0 Å². The Balaban J connectivity index is 0.000000682. The summed E-state index contributed by atoms with van der Waals surface area (Å²) in [5, 5.41) is 4.48. The summed E-state index contributed by atoms with van der Waals surface area (Å²) in [6, 6.07) is 42.2. The summed E-state index contributed by atoms with van der Waals surface area (Å²) >= 11 is 1.66. The second kappa shape index (κ2) is 13.9. The van der Waals surface area contributed by atoms with Gasteiger partial charge in [0.15, 0.2) is 17.6 Å². The lowest BCUT2D eigenvalue weighted by Crippen LogP contribution is -2.68. The van der Waals surface area contributed by atoms with E-state index >= 15 is 0 Å². The number of halogens is 1. The molecule has 2 heterocycles. The molecule has 1 aliphatic heterocycles. The molecule has 0 bridgehead atoms. The van der Waals surface area contributed by atoms with Gasteiger partial charge in [0, 0.05) is 18.7 Å². The van der Waals surface area contributed by atoms with Crippen LogP contribution in [-0.2, 0) is 4.74 Å². The normalized spacial score (nSPS) is 13.6. The smallest absolute Gasteiger partial charge is 0.277 e. The number of thiazole rings is 1. The lowest BCUT2D eigenvalue weighted by atomic mass is 10.2. The Labute approximate surface area is 256 Å². The largest absolute Gasteiger partial charge is 0.378 e. The molecule has 6 rings (SSSR count). The fourth-order valence-electron chi connectivity index (χ4n) is 5.05. The van der Waals surface area contributed by atoms with Gasteiger partial charge in [0.1, 0.15) is 20.9 Å². The number of rotatable bonds is 6. The van der Waals surface area contributed by atoms with E-state index < -0.39 is 17.5 Å². The minimum atomic E-state index is -4.94. The van der Waals surface area contributed by atoms with Gasteiger partial charge in [0.05, 0.1) is 13.2 Å². The quantitative estimate of drug-likeness (QED) is 0.243. The van der Waals surface area contributed by atoms with Gasteiger partial charge in [0.2, 0.25) is 0 Å². The van der Waals surface area contributed by atoms with E-state index in [0.29, 0.717) is 32.0 Å². The van der Waals surface area contributed by atoms with Crippen LogP contribution in [0.15, 0.2) is 121 Å². The predicted octanol–water partition coefficient (Wildman–Crippen LogP) is 0.146. The molecule has 43 heavy (non-hydrogen) atoms. The van der Waals surface area contributed by atoms with Crippen LogP contribution < -0.4 is 39.2 Å². The molecule has 0 radical (unpaired) electrons. The Kier molecular flexibility index (Phi) is 9.97. The van der Waals surface area contributed by atoms with E-state index in [1.54, 1.807) is 11.3 Å². The second-order valence-electron chi connectivity index (χ2n) is 9.50. The van der Waals surface area contributed by atoms with Crippen LogP contribution in [0.5, 0.6) is 0 Å². The molecular weight excluding hydrogens is 607 g/mol. The summed E-state index contributed by atoms with van der Waals surface area (Å²) in [6.07, 6.45) is 0. The van der Waals surface area contributed by atoms with E-state index in [2.05, 4.69) is 103 Å². The lowest BCUT2D eigenvalue weighted by Gasteiger charge is -2.29. The van der Waals surface area contributed by atoms with E-state index in [9.17, 15) is 4.79 Å². The molecule has 1 amide bonds. The molecular formula is C32H28ClN2O6PS. The molecule has 11 heteroatoms. The number of hydrogen-bond donors (Lipinski definition) is 0. The number of carbonyl (C=O) groups excluding carboxylic acids is 1. The highest BCUT2D eigenvalue weighted by molar-refractivity contribution is 8.04. The number of amides is 1. The lowest BCUT2D eigenvalue weighted by molar-refractivity contribution is -2.00. The molecule has 0 aliphatic carbocycles. The molecule has 5 aromatic rings. The van der Waals surface area contributed by atoms with Crippen molar-refractivity contribution in [2.45, 2.75) is 0 Å². The Bertz CT molecular complexity index is 1510. The molecule has 8 nitrogen and oxygen atoms in total. The third kappa shape index (κ3) is 7.18. The van der Waals surface area contributed by atoms with E-state index in [1.807, 2.05) is 23.1 Å². The molecule has 0 unspecified atom stereocenters. The van der Waals surface area contributed by atoms with Crippen LogP contribution in [0.25, 0.3) is 10.6 Å². The van der Waals surface area contributed by atoms with E-state index in [0.717, 1.165) is 15.2 Å². The van der Waals surface area contributed by atoms with Crippen molar-refractivity contribution in [3.8, 4) is 10.6 Å². The van der Waals surface area contributed by atoms with Crippen molar-refractivity contribution in [3.05, 3.63) is 127 Å². The van der Waals surface area contributed by atoms with Crippen LogP contribution in [0.3, 0.4) is 0 Å². The van der Waals surface area contributed by atoms with Crippen LogP contribution in [0.2, 0.25) is 0 Å². The van der Waals surface area contributed by atoms with Gasteiger partial charge >= 0.3 is 0 Å². The van der Waals surface area contributed by atoms with Crippen LogP contribution in [0.4, 0.5) is 0 Å². The fraction of sp³-hybridized carbons (Fsp3) is 0.125. The highest BCUT2D eigenvalue weighted by atomic mass is 35.7. The molecule has 0 saturated carbocycles. The van der Waals surface area contributed by atoms with Crippen molar-refractivity contribution in [3.63, 3.8) is 0 Å². The van der Waals surface area contributed by atoms with Crippen LogP contribution in [-0.4, -0.2) is 42.1 Å². The maximum atomic E-state index is 14.2. The molecule has 4 aromatic carbocycles. The summed E-state index contributed by atoms with van der Waals surface area (Å²) in [5.74, 6) is -0.0195. The van der Waals surface area contributed by atoms with Gasteiger partial charge < -0.3 is 9.64 Å². The zero-order valence-corrected chi connectivity index (χ0v) is 25.4. The SMILES string of the molecule is O=C(c1nc(-c2ccccc2)sc1[P+](c1ccccc1)(c1ccccc1)c1ccccc1)N1CCOCC1.[O-][Cl+3]([O-])([O-])[O-]. The van der Waals surface area contributed by atoms with Crippen molar-refractivity contribution >= 4 is 45.0 Å². The number of nitrogens with zero attached hydrogens (tertiary/aromatic N) is 2. The third-order valence-corrected chi connectivity index (χ3v) is 12.9. The average molecular weight is 635 g/mol. The third-order valence-electron chi connectivity index (χ3n) is 6.87. The van der Waals surface area contributed by atoms with Crippen LogP contribution in [0.1, 0.15) is 10.5 Å². The van der Waals surface area contributed by atoms with Gasteiger partial charge in [-0.25, -0.2) is 23.6 Å². The number of aromatic nitrogens is 1. The zero-order chi connectivity index (χ0) is 30.3. The topological polar surface area (TPSA) is 135 Å². The van der Waals surface area contributed by atoms with E-state index in [1.165, 1.54) is 15.9 Å². The molecule has 0 atom stereocenters. The second-order valence-corrected chi connectivity index (χ2v) is 14.9. The van der Waals surface area contributed by atoms with Crippen LogP contribution in [0, 0.1) is 10.2 Å².